The molecule has 2 aromatic rings. The minimum absolute atomic E-state index is 0.144. The van der Waals surface area contributed by atoms with Crippen molar-refractivity contribution in [2.75, 3.05) is 18.0 Å². The van der Waals surface area contributed by atoms with Crippen molar-refractivity contribution in [3.8, 4) is 0 Å². The topological polar surface area (TPSA) is 46.3 Å². The van der Waals surface area contributed by atoms with Gasteiger partial charge in [-0.1, -0.05) is 23.8 Å². The van der Waals surface area contributed by atoms with Crippen LogP contribution in [0.1, 0.15) is 22.3 Å². The molecule has 0 aliphatic heterocycles. The number of halogens is 1. The molecule has 0 bridgehead atoms. The summed E-state index contributed by atoms with van der Waals surface area (Å²) in [6.45, 7) is 2.91. The van der Waals surface area contributed by atoms with Gasteiger partial charge in [-0.3, -0.25) is 4.79 Å². The molecule has 0 unspecified atom stereocenters. The van der Waals surface area contributed by atoms with Crippen LogP contribution in [-0.4, -0.2) is 19.0 Å². The van der Waals surface area contributed by atoms with Gasteiger partial charge in [-0.2, -0.15) is 0 Å². The van der Waals surface area contributed by atoms with Crippen LogP contribution in [0, 0.1) is 12.7 Å². The lowest BCUT2D eigenvalue weighted by molar-refractivity contribution is 0.0987. The number of benzene rings is 2. The van der Waals surface area contributed by atoms with Crippen molar-refractivity contribution in [1.29, 1.82) is 0 Å². The van der Waals surface area contributed by atoms with Gasteiger partial charge in [0.2, 0.25) is 0 Å². The molecule has 2 aromatic carbocycles. The number of carbonyl (C=O) groups excluding carboxylic acids is 1. The first-order chi connectivity index (χ1) is 10.1. The van der Waals surface area contributed by atoms with Crippen LogP contribution in [-0.2, 0) is 0 Å². The van der Waals surface area contributed by atoms with Crippen LogP contribution in [0.15, 0.2) is 48.5 Å². The van der Waals surface area contributed by atoms with Crippen molar-refractivity contribution >= 4 is 11.6 Å². The molecular formula is C17H19FN2O. The molecule has 0 aromatic heterocycles. The number of hydrogen-bond acceptors (Lipinski definition) is 2. The maximum Gasteiger partial charge on any atom is 0.258 e. The van der Waals surface area contributed by atoms with E-state index < -0.39 is 0 Å². The lowest BCUT2D eigenvalue weighted by atomic mass is 10.1. The largest absolute Gasteiger partial charge is 0.330 e. The smallest absolute Gasteiger partial charge is 0.258 e. The fourth-order valence-corrected chi connectivity index (χ4v) is 2.09. The molecule has 3 nitrogen and oxygen atoms in total. The molecule has 4 heteroatoms. The number of aryl methyl sites for hydroxylation is 1. The molecule has 0 saturated carbocycles. The Hall–Kier alpha value is -2.20. The van der Waals surface area contributed by atoms with Gasteiger partial charge in [0.25, 0.3) is 5.91 Å². The third kappa shape index (κ3) is 3.89. The Kier molecular flexibility index (Phi) is 5.06. The van der Waals surface area contributed by atoms with E-state index in [9.17, 15) is 9.18 Å². The molecule has 0 atom stereocenters. The van der Waals surface area contributed by atoms with Gasteiger partial charge in [-0.25, -0.2) is 4.39 Å². The molecule has 2 N–H and O–H groups in total. The highest BCUT2D eigenvalue weighted by atomic mass is 19.1. The highest BCUT2D eigenvalue weighted by molar-refractivity contribution is 6.06. The highest BCUT2D eigenvalue weighted by Gasteiger charge is 2.17. The summed E-state index contributed by atoms with van der Waals surface area (Å²) in [7, 11) is 0. The quantitative estimate of drug-likeness (QED) is 0.918. The number of nitrogens with zero attached hydrogens (tertiary/aromatic N) is 1. The fourth-order valence-electron chi connectivity index (χ4n) is 2.09. The zero-order valence-electron chi connectivity index (χ0n) is 12.1. The van der Waals surface area contributed by atoms with E-state index in [1.54, 1.807) is 29.2 Å². The summed E-state index contributed by atoms with van der Waals surface area (Å²) < 4.78 is 13.4. The molecule has 21 heavy (non-hydrogen) atoms. The highest BCUT2D eigenvalue weighted by Crippen LogP contribution is 2.19. The van der Waals surface area contributed by atoms with Crippen molar-refractivity contribution in [2.45, 2.75) is 13.3 Å². The van der Waals surface area contributed by atoms with Crippen LogP contribution < -0.4 is 10.6 Å². The van der Waals surface area contributed by atoms with Crippen molar-refractivity contribution in [3.63, 3.8) is 0 Å². The van der Waals surface area contributed by atoms with Gasteiger partial charge in [0, 0.05) is 17.8 Å². The minimum Gasteiger partial charge on any atom is -0.330 e. The number of carbonyl (C=O) groups is 1. The van der Waals surface area contributed by atoms with Gasteiger partial charge in [0.15, 0.2) is 0 Å². The predicted octanol–water partition coefficient (Wildman–Crippen LogP) is 3.13. The van der Waals surface area contributed by atoms with Gasteiger partial charge in [-0.15, -0.1) is 0 Å². The molecule has 0 spiro atoms. The Labute approximate surface area is 124 Å². The second-order valence-corrected chi connectivity index (χ2v) is 4.94. The first-order valence-electron chi connectivity index (χ1n) is 6.96. The summed E-state index contributed by atoms with van der Waals surface area (Å²) in [6, 6.07) is 13.4. The van der Waals surface area contributed by atoms with Crippen molar-refractivity contribution in [3.05, 3.63) is 65.5 Å². The van der Waals surface area contributed by atoms with Crippen LogP contribution in [0.4, 0.5) is 10.1 Å². The van der Waals surface area contributed by atoms with E-state index >= 15 is 0 Å². The molecule has 1 amide bonds. The number of anilines is 1. The standard InChI is InChI=1S/C17H19FN2O/c1-13-6-8-14(9-7-13)17(21)20(11-3-10-19)16-5-2-4-15(18)12-16/h2,4-9,12H,3,10-11,19H2,1H3. The molecule has 110 valence electrons. The summed E-state index contributed by atoms with van der Waals surface area (Å²) in [5.41, 5.74) is 7.76. The fraction of sp³-hybridized carbons (Fsp3) is 0.235. The molecule has 0 heterocycles. The minimum atomic E-state index is -0.359. The second-order valence-electron chi connectivity index (χ2n) is 4.94. The van der Waals surface area contributed by atoms with Gasteiger partial charge >= 0.3 is 0 Å². The predicted molar refractivity (Wildman–Crippen MR) is 82.9 cm³/mol. The van der Waals surface area contributed by atoms with Gasteiger partial charge in [0.1, 0.15) is 5.82 Å². The molecule has 2 rings (SSSR count). The van der Waals surface area contributed by atoms with Crippen LogP contribution in [0.2, 0.25) is 0 Å². The van der Waals surface area contributed by atoms with E-state index in [0.717, 1.165) is 5.56 Å². The van der Waals surface area contributed by atoms with Crippen LogP contribution >= 0.6 is 0 Å². The van der Waals surface area contributed by atoms with Crippen LogP contribution in [0.25, 0.3) is 0 Å². The Bertz CT molecular complexity index is 610. The van der Waals surface area contributed by atoms with E-state index in [1.165, 1.54) is 12.1 Å². The molecular weight excluding hydrogens is 267 g/mol. The Morgan fingerprint density at radius 1 is 1.19 bits per heavy atom. The molecule has 0 fully saturated rings. The normalized spacial score (nSPS) is 10.4. The Morgan fingerprint density at radius 2 is 1.90 bits per heavy atom. The molecule has 0 radical (unpaired) electrons. The Balaban J connectivity index is 2.31. The maximum atomic E-state index is 13.4. The summed E-state index contributed by atoms with van der Waals surface area (Å²) in [4.78, 5) is 14.2. The van der Waals surface area contributed by atoms with E-state index in [-0.39, 0.29) is 11.7 Å². The zero-order chi connectivity index (χ0) is 15.2. The van der Waals surface area contributed by atoms with Crippen LogP contribution in [0.5, 0.6) is 0 Å². The van der Waals surface area contributed by atoms with E-state index in [0.29, 0.717) is 30.8 Å². The number of hydrogen-bond donors (Lipinski definition) is 1. The van der Waals surface area contributed by atoms with E-state index in [4.69, 9.17) is 5.73 Å². The van der Waals surface area contributed by atoms with Gasteiger partial charge in [0.05, 0.1) is 0 Å². The van der Waals surface area contributed by atoms with Gasteiger partial charge < -0.3 is 10.6 Å². The van der Waals surface area contributed by atoms with E-state index in [1.807, 2.05) is 19.1 Å². The number of amides is 1. The number of nitrogens with two attached hydrogens (primary N) is 1. The summed E-state index contributed by atoms with van der Waals surface area (Å²) >= 11 is 0. The van der Waals surface area contributed by atoms with Gasteiger partial charge in [-0.05, 0) is 50.2 Å². The third-order valence-electron chi connectivity index (χ3n) is 3.25. The first-order valence-corrected chi connectivity index (χ1v) is 6.96. The first kappa shape index (κ1) is 15.2. The monoisotopic (exact) mass is 286 g/mol. The summed E-state index contributed by atoms with van der Waals surface area (Å²) in [6.07, 6.45) is 0.661. The lowest BCUT2D eigenvalue weighted by Gasteiger charge is -2.23. The maximum absolute atomic E-state index is 13.4. The van der Waals surface area contributed by atoms with Crippen molar-refractivity contribution in [1.82, 2.24) is 0 Å². The average molecular weight is 286 g/mol. The second kappa shape index (κ2) is 6.99. The molecule has 0 saturated heterocycles. The average Bonchev–Trinajstić information content (AvgIpc) is 2.48. The van der Waals surface area contributed by atoms with E-state index in [2.05, 4.69) is 0 Å². The summed E-state index contributed by atoms with van der Waals surface area (Å²) in [5.74, 6) is -0.504. The molecule has 0 aliphatic rings. The third-order valence-corrected chi connectivity index (χ3v) is 3.25. The molecule has 0 aliphatic carbocycles. The zero-order valence-corrected chi connectivity index (χ0v) is 12.1. The van der Waals surface area contributed by atoms with Crippen molar-refractivity contribution in [2.24, 2.45) is 5.73 Å². The number of rotatable bonds is 5. The van der Waals surface area contributed by atoms with Crippen LogP contribution in [0.3, 0.4) is 0 Å². The summed E-state index contributed by atoms with van der Waals surface area (Å²) in [5, 5.41) is 0. The lowest BCUT2D eigenvalue weighted by Crippen LogP contribution is -2.33. The van der Waals surface area contributed by atoms with Crippen molar-refractivity contribution < 1.29 is 9.18 Å². The Morgan fingerprint density at radius 3 is 2.52 bits per heavy atom. The SMILES string of the molecule is Cc1ccc(C(=O)N(CCCN)c2cccc(F)c2)cc1.